The van der Waals surface area contributed by atoms with Crippen molar-refractivity contribution >= 4 is 29.3 Å². The second-order valence-electron chi connectivity index (χ2n) is 4.56. The maximum absolute atomic E-state index is 12.3. The molecule has 0 N–H and O–H groups in total. The molecule has 0 spiro atoms. The number of methoxy groups -OCH3 is 1. The average molecular weight is 315 g/mol. The van der Waals surface area contributed by atoms with E-state index in [1.54, 1.807) is 24.1 Å². The van der Waals surface area contributed by atoms with Crippen molar-refractivity contribution in [3.63, 3.8) is 0 Å². The lowest BCUT2D eigenvalue weighted by molar-refractivity contribution is -0.115. The molecule has 0 aliphatic heterocycles. The minimum absolute atomic E-state index is 0.0316. The van der Waals surface area contributed by atoms with Crippen molar-refractivity contribution in [3.05, 3.63) is 60.2 Å². The second-order valence-corrected chi connectivity index (χ2v) is 5.58. The van der Waals surface area contributed by atoms with Crippen LogP contribution in [0.25, 0.3) is 0 Å². The minimum atomic E-state index is -0.396. The molecule has 0 saturated heterocycles. The lowest BCUT2D eigenvalue weighted by Crippen LogP contribution is -2.27. The zero-order valence-corrected chi connectivity index (χ0v) is 13.3. The van der Waals surface area contributed by atoms with Crippen molar-refractivity contribution in [1.82, 2.24) is 0 Å². The molecule has 114 valence electrons. The van der Waals surface area contributed by atoms with Crippen molar-refractivity contribution < 1.29 is 14.3 Å². The van der Waals surface area contributed by atoms with Gasteiger partial charge in [-0.05, 0) is 24.3 Å². The van der Waals surface area contributed by atoms with Gasteiger partial charge in [0.05, 0.1) is 18.4 Å². The molecule has 0 heterocycles. The van der Waals surface area contributed by atoms with Crippen LogP contribution in [0, 0.1) is 0 Å². The molecule has 2 aromatic carbocycles. The normalized spacial score (nSPS) is 10.1. The monoisotopic (exact) mass is 315 g/mol. The Morgan fingerprint density at radius 2 is 1.68 bits per heavy atom. The Balaban J connectivity index is 2.04. The molecule has 0 aliphatic carbocycles. The number of amides is 1. The van der Waals surface area contributed by atoms with E-state index in [0.29, 0.717) is 5.56 Å². The van der Waals surface area contributed by atoms with Crippen LogP contribution in [-0.4, -0.2) is 31.8 Å². The van der Waals surface area contributed by atoms with Gasteiger partial charge in [0.15, 0.2) is 0 Å². The predicted octanol–water partition coefficient (Wildman–Crippen LogP) is 3.23. The number of hydrogen-bond acceptors (Lipinski definition) is 4. The molecule has 0 atom stereocenters. The van der Waals surface area contributed by atoms with Gasteiger partial charge < -0.3 is 9.64 Å². The van der Waals surface area contributed by atoms with Gasteiger partial charge >= 0.3 is 5.97 Å². The van der Waals surface area contributed by atoms with Crippen molar-refractivity contribution in [2.24, 2.45) is 0 Å². The van der Waals surface area contributed by atoms with Gasteiger partial charge in [0.25, 0.3) is 0 Å². The van der Waals surface area contributed by atoms with E-state index in [2.05, 4.69) is 0 Å². The summed E-state index contributed by atoms with van der Waals surface area (Å²) in [6.07, 6.45) is 0. The molecule has 22 heavy (non-hydrogen) atoms. The molecule has 2 aromatic rings. The maximum Gasteiger partial charge on any atom is 0.338 e. The van der Waals surface area contributed by atoms with Crippen molar-refractivity contribution in [3.8, 4) is 0 Å². The van der Waals surface area contributed by atoms with Crippen LogP contribution in [0.5, 0.6) is 0 Å². The largest absolute Gasteiger partial charge is 0.465 e. The Labute approximate surface area is 134 Å². The molecule has 0 radical (unpaired) electrons. The van der Waals surface area contributed by atoms with Crippen LogP contribution < -0.4 is 4.90 Å². The Morgan fingerprint density at radius 1 is 1.05 bits per heavy atom. The van der Waals surface area contributed by atoms with Gasteiger partial charge in [-0.2, -0.15) is 0 Å². The molecule has 0 unspecified atom stereocenters. The molecule has 4 nitrogen and oxygen atoms in total. The fourth-order valence-corrected chi connectivity index (χ4v) is 2.86. The highest BCUT2D eigenvalue weighted by Gasteiger charge is 2.15. The summed E-state index contributed by atoms with van der Waals surface area (Å²) in [7, 11) is 3.09. The Kier molecular flexibility index (Phi) is 5.61. The maximum atomic E-state index is 12.3. The van der Waals surface area contributed by atoms with Crippen molar-refractivity contribution in [2.45, 2.75) is 4.90 Å². The van der Waals surface area contributed by atoms with E-state index < -0.39 is 5.97 Å². The first kappa shape index (κ1) is 16.1. The standard InChI is InChI=1S/C17H17NO3S/c1-18(13-8-4-3-5-9-13)16(19)12-22-15-11-7-6-10-14(15)17(20)21-2/h3-11H,12H2,1-2H3. The Bertz CT molecular complexity index is 658. The molecule has 5 heteroatoms. The summed E-state index contributed by atoms with van der Waals surface area (Å²) in [4.78, 5) is 26.3. The zero-order valence-electron chi connectivity index (χ0n) is 12.5. The van der Waals surface area contributed by atoms with E-state index >= 15 is 0 Å². The fraction of sp³-hybridized carbons (Fsp3) is 0.176. The van der Waals surface area contributed by atoms with Gasteiger partial charge in [-0.15, -0.1) is 11.8 Å². The highest BCUT2D eigenvalue weighted by Crippen LogP contribution is 2.24. The molecule has 0 aromatic heterocycles. The summed E-state index contributed by atoms with van der Waals surface area (Å²) >= 11 is 1.33. The minimum Gasteiger partial charge on any atom is -0.465 e. The summed E-state index contributed by atoms with van der Waals surface area (Å²) < 4.78 is 4.75. The number of carbonyl (C=O) groups excluding carboxylic acids is 2. The number of esters is 1. The number of carbonyl (C=O) groups is 2. The Hall–Kier alpha value is -2.27. The van der Waals surface area contributed by atoms with Crippen LogP contribution in [0.1, 0.15) is 10.4 Å². The van der Waals surface area contributed by atoms with Crippen LogP contribution in [-0.2, 0) is 9.53 Å². The van der Waals surface area contributed by atoms with Gasteiger partial charge in [-0.3, -0.25) is 4.79 Å². The SMILES string of the molecule is COC(=O)c1ccccc1SCC(=O)N(C)c1ccccc1. The third-order valence-electron chi connectivity index (χ3n) is 3.16. The number of benzene rings is 2. The first-order valence-electron chi connectivity index (χ1n) is 6.75. The number of ether oxygens (including phenoxy) is 1. The van der Waals surface area contributed by atoms with Crippen molar-refractivity contribution in [1.29, 1.82) is 0 Å². The number of para-hydroxylation sites is 1. The third-order valence-corrected chi connectivity index (χ3v) is 4.22. The summed E-state index contributed by atoms with van der Waals surface area (Å²) in [5, 5.41) is 0. The molecule has 0 bridgehead atoms. The van der Waals surface area contributed by atoms with E-state index in [1.807, 2.05) is 42.5 Å². The predicted molar refractivity (Wildman–Crippen MR) is 88.4 cm³/mol. The lowest BCUT2D eigenvalue weighted by Gasteiger charge is -2.17. The molecule has 0 aliphatic rings. The van der Waals surface area contributed by atoms with Crippen LogP contribution in [0.15, 0.2) is 59.5 Å². The third kappa shape index (κ3) is 3.89. The first-order chi connectivity index (χ1) is 10.6. The lowest BCUT2D eigenvalue weighted by atomic mass is 10.2. The highest BCUT2D eigenvalue weighted by atomic mass is 32.2. The summed E-state index contributed by atoms with van der Waals surface area (Å²) in [6, 6.07) is 16.6. The molecular formula is C17H17NO3S. The Morgan fingerprint density at radius 3 is 2.36 bits per heavy atom. The van der Waals surface area contributed by atoms with E-state index in [1.165, 1.54) is 18.9 Å². The van der Waals surface area contributed by atoms with Crippen LogP contribution in [0.4, 0.5) is 5.69 Å². The number of thioether (sulfide) groups is 1. The quantitative estimate of drug-likeness (QED) is 0.628. The van der Waals surface area contributed by atoms with E-state index in [4.69, 9.17) is 4.74 Å². The van der Waals surface area contributed by atoms with E-state index in [0.717, 1.165) is 10.6 Å². The number of hydrogen-bond donors (Lipinski definition) is 0. The molecular weight excluding hydrogens is 298 g/mol. The first-order valence-corrected chi connectivity index (χ1v) is 7.74. The van der Waals surface area contributed by atoms with Crippen LogP contribution in [0.2, 0.25) is 0 Å². The van der Waals surface area contributed by atoms with Gasteiger partial charge in [0.2, 0.25) is 5.91 Å². The van der Waals surface area contributed by atoms with Crippen molar-refractivity contribution in [2.75, 3.05) is 24.8 Å². The number of anilines is 1. The number of rotatable bonds is 5. The van der Waals surface area contributed by atoms with E-state index in [-0.39, 0.29) is 11.7 Å². The van der Waals surface area contributed by atoms with Gasteiger partial charge in [0, 0.05) is 17.6 Å². The summed E-state index contributed by atoms with van der Waals surface area (Å²) in [5.41, 5.74) is 1.32. The topological polar surface area (TPSA) is 46.6 Å². The summed E-state index contributed by atoms with van der Waals surface area (Å²) in [6.45, 7) is 0. The van der Waals surface area contributed by atoms with E-state index in [9.17, 15) is 9.59 Å². The molecule has 1 amide bonds. The highest BCUT2D eigenvalue weighted by molar-refractivity contribution is 8.00. The van der Waals surface area contributed by atoms with Gasteiger partial charge in [0.1, 0.15) is 0 Å². The molecule has 0 saturated carbocycles. The molecule has 2 rings (SSSR count). The fourth-order valence-electron chi connectivity index (χ4n) is 1.90. The number of nitrogens with zero attached hydrogens (tertiary/aromatic N) is 1. The zero-order chi connectivity index (χ0) is 15.9. The van der Waals surface area contributed by atoms with Gasteiger partial charge in [-0.1, -0.05) is 30.3 Å². The summed E-state index contributed by atoms with van der Waals surface area (Å²) in [5.74, 6) is -0.179. The smallest absolute Gasteiger partial charge is 0.338 e. The van der Waals surface area contributed by atoms with Gasteiger partial charge in [-0.25, -0.2) is 4.79 Å². The average Bonchev–Trinajstić information content (AvgIpc) is 2.59. The van der Waals surface area contributed by atoms with Crippen LogP contribution >= 0.6 is 11.8 Å². The molecule has 0 fully saturated rings. The second kappa shape index (κ2) is 7.66. The van der Waals surface area contributed by atoms with Crippen LogP contribution in [0.3, 0.4) is 0 Å².